The number of aromatic nitrogens is 1. The van der Waals surface area contributed by atoms with Crippen LogP contribution in [-0.2, 0) is 4.79 Å². The molecule has 1 N–H and O–H groups in total. The fraction of sp³-hybridized carbons (Fsp3) is 0.429. The van der Waals surface area contributed by atoms with Gasteiger partial charge in [0, 0.05) is 29.0 Å². The molecule has 0 unspecified atom stereocenters. The number of nitrogens with zero attached hydrogens (tertiary/aromatic N) is 2. The molecule has 2 amide bonds. The zero-order valence-electron chi connectivity index (χ0n) is 16.9. The molecule has 1 aromatic carbocycles. The van der Waals surface area contributed by atoms with E-state index in [1.165, 1.54) is 0 Å². The Labute approximate surface area is 161 Å². The largest absolute Gasteiger partial charge is 0.484 e. The van der Waals surface area contributed by atoms with E-state index in [1.807, 2.05) is 53.7 Å². The molecule has 2 aromatic rings. The summed E-state index contributed by atoms with van der Waals surface area (Å²) in [4.78, 5) is 26.5. The van der Waals surface area contributed by atoms with Crippen molar-refractivity contribution >= 4 is 11.8 Å². The highest BCUT2D eigenvalue weighted by Crippen LogP contribution is 2.14. The molecule has 146 valence electrons. The van der Waals surface area contributed by atoms with E-state index < -0.39 is 0 Å². The topological polar surface area (TPSA) is 63.6 Å². The van der Waals surface area contributed by atoms with E-state index in [2.05, 4.69) is 5.43 Å². The predicted octanol–water partition coefficient (Wildman–Crippen LogP) is 3.51. The summed E-state index contributed by atoms with van der Waals surface area (Å²) in [5, 5.41) is 0. The summed E-state index contributed by atoms with van der Waals surface area (Å²) < 4.78 is 7.35. The number of amides is 2. The monoisotopic (exact) mass is 371 g/mol. The lowest BCUT2D eigenvalue weighted by Crippen LogP contribution is -2.44. The third kappa shape index (κ3) is 5.12. The Morgan fingerprint density at radius 3 is 1.96 bits per heavy atom. The smallest absolute Gasteiger partial charge is 0.270 e. The highest BCUT2D eigenvalue weighted by Gasteiger charge is 2.20. The van der Waals surface area contributed by atoms with Crippen LogP contribution < -0.4 is 10.2 Å². The van der Waals surface area contributed by atoms with Crippen LogP contribution in [0.15, 0.2) is 36.4 Å². The zero-order valence-corrected chi connectivity index (χ0v) is 16.9. The van der Waals surface area contributed by atoms with Crippen LogP contribution in [0.1, 0.15) is 49.4 Å². The fourth-order valence-corrected chi connectivity index (χ4v) is 3.11. The third-order valence-corrected chi connectivity index (χ3v) is 4.36. The Hall–Kier alpha value is -2.76. The summed E-state index contributed by atoms with van der Waals surface area (Å²) >= 11 is 0. The lowest BCUT2D eigenvalue weighted by atomic mass is 10.2. The van der Waals surface area contributed by atoms with Crippen LogP contribution in [0.25, 0.3) is 0 Å². The first kappa shape index (κ1) is 20.6. The second-order valence-corrected chi connectivity index (χ2v) is 7.19. The van der Waals surface area contributed by atoms with E-state index in [9.17, 15) is 9.59 Å². The first-order valence-electron chi connectivity index (χ1n) is 9.21. The van der Waals surface area contributed by atoms with Gasteiger partial charge in [0.05, 0.1) is 0 Å². The van der Waals surface area contributed by atoms with Crippen LogP contribution in [0, 0.1) is 13.8 Å². The molecule has 0 radical (unpaired) electrons. The third-order valence-electron chi connectivity index (χ3n) is 4.36. The van der Waals surface area contributed by atoms with Gasteiger partial charge in [-0.3, -0.25) is 19.7 Å². The summed E-state index contributed by atoms with van der Waals surface area (Å²) in [5.74, 6) is 0.298. The van der Waals surface area contributed by atoms with Gasteiger partial charge in [-0.15, -0.1) is 0 Å². The molecule has 6 heteroatoms. The van der Waals surface area contributed by atoms with Crippen LogP contribution in [0.3, 0.4) is 0 Å². The van der Waals surface area contributed by atoms with Crippen molar-refractivity contribution in [2.24, 2.45) is 0 Å². The van der Waals surface area contributed by atoms with E-state index in [0.29, 0.717) is 11.3 Å². The van der Waals surface area contributed by atoms with Crippen molar-refractivity contribution in [2.75, 3.05) is 12.0 Å². The Bertz CT molecular complexity index is 764. The maximum atomic E-state index is 12.4. The Kier molecular flexibility index (Phi) is 6.66. The Balaban J connectivity index is 1.97. The fourth-order valence-electron chi connectivity index (χ4n) is 3.11. The van der Waals surface area contributed by atoms with Crippen molar-refractivity contribution in [1.82, 2.24) is 9.58 Å². The molecule has 2 rings (SSSR count). The number of aryl methyl sites for hydroxylation is 2. The van der Waals surface area contributed by atoms with Crippen molar-refractivity contribution in [1.29, 1.82) is 0 Å². The number of ether oxygens (including phenoxy) is 1. The first-order chi connectivity index (χ1) is 12.7. The van der Waals surface area contributed by atoms with Crippen molar-refractivity contribution in [3.8, 4) is 5.75 Å². The molecule has 0 fully saturated rings. The molecule has 0 saturated heterocycles. The summed E-state index contributed by atoms with van der Waals surface area (Å²) in [7, 11) is 0. The molecular formula is C21H29N3O3. The van der Waals surface area contributed by atoms with Gasteiger partial charge in [-0.1, -0.05) is 0 Å². The highest BCUT2D eigenvalue weighted by molar-refractivity contribution is 6.00. The maximum Gasteiger partial charge on any atom is 0.270 e. The second-order valence-electron chi connectivity index (χ2n) is 7.19. The normalized spacial score (nSPS) is 11.0. The van der Waals surface area contributed by atoms with E-state index in [0.717, 1.165) is 11.4 Å². The summed E-state index contributed by atoms with van der Waals surface area (Å²) in [6.45, 7) is 11.8. The lowest BCUT2D eigenvalue weighted by molar-refractivity contribution is -0.136. The van der Waals surface area contributed by atoms with Gasteiger partial charge in [-0.2, -0.15) is 0 Å². The number of benzene rings is 1. The van der Waals surface area contributed by atoms with Gasteiger partial charge in [0.1, 0.15) is 5.75 Å². The number of hydrogen-bond acceptors (Lipinski definition) is 3. The van der Waals surface area contributed by atoms with Gasteiger partial charge < -0.3 is 9.64 Å². The molecule has 1 aromatic heterocycles. The van der Waals surface area contributed by atoms with Gasteiger partial charge >= 0.3 is 0 Å². The Morgan fingerprint density at radius 1 is 0.963 bits per heavy atom. The number of rotatable bonds is 7. The van der Waals surface area contributed by atoms with Crippen molar-refractivity contribution < 1.29 is 14.3 Å². The molecule has 0 aliphatic heterocycles. The van der Waals surface area contributed by atoms with Crippen molar-refractivity contribution in [3.63, 3.8) is 0 Å². The number of nitrogens with one attached hydrogen (secondary N) is 1. The lowest BCUT2D eigenvalue weighted by Gasteiger charge is -2.30. The minimum absolute atomic E-state index is 0.0241. The number of carbonyl (C=O) groups is 2. The summed E-state index contributed by atoms with van der Waals surface area (Å²) in [5.41, 5.74) is 5.30. The summed E-state index contributed by atoms with van der Waals surface area (Å²) in [6.07, 6.45) is 0. The average molecular weight is 371 g/mol. The first-order valence-corrected chi connectivity index (χ1v) is 9.21. The van der Waals surface area contributed by atoms with E-state index in [-0.39, 0.29) is 30.5 Å². The van der Waals surface area contributed by atoms with Gasteiger partial charge in [0.25, 0.3) is 11.8 Å². The zero-order chi connectivity index (χ0) is 20.1. The van der Waals surface area contributed by atoms with Gasteiger partial charge in [-0.05, 0) is 77.9 Å². The Morgan fingerprint density at radius 2 is 1.48 bits per heavy atom. The molecule has 0 bridgehead atoms. The molecular weight excluding hydrogens is 342 g/mol. The quantitative estimate of drug-likeness (QED) is 0.810. The average Bonchev–Trinajstić information content (AvgIpc) is 2.91. The van der Waals surface area contributed by atoms with Crippen LogP contribution in [0.4, 0.5) is 0 Å². The SMILES string of the molecule is Cc1ccc(C)n1NC(=O)c1ccc(OCC(=O)N(C(C)C)C(C)C)cc1. The second kappa shape index (κ2) is 8.75. The van der Waals surface area contributed by atoms with Crippen molar-refractivity contribution in [2.45, 2.75) is 53.6 Å². The minimum Gasteiger partial charge on any atom is -0.484 e. The molecule has 27 heavy (non-hydrogen) atoms. The standard InChI is InChI=1S/C21H29N3O3/c1-14(2)23(15(3)4)20(25)13-27-19-11-9-18(10-12-19)21(26)22-24-16(5)7-8-17(24)6/h7-12,14-15H,13H2,1-6H3,(H,22,26). The molecule has 6 nitrogen and oxygen atoms in total. The van der Waals surface area contributed by atoms with E-state index in [4.69, 9.17) is 4.74 Å². The predicted molar refractivity (Wildman–Crippen MR) is 107 cm³/mol. The van der Waals surface area contributed by atoms with Gasteiger partial charge in [0.2, 0.25) is 0 Å². The van der Waals surface area contributed by atoms with Gasteiger partial charge in [-0.25, -0.2) is 0 Å². The molecule has 0 aliphatic carbocycles. The molecule has 0 spiro atoms. The van der Waals surface area contributed by atoms with E-state index >= 15 is 0 Å². The maximum absolute atomic E-state index is 12.4. The van der Waals surface area contributed by atoms with Crippen LogP contribution >= 0.6 is 0 Å². The number of carbonyl (C=O) groups excluding carboxylic acids is 2. The van der Waals surface area contributed by atoms with Crippen LogP contribution in [0.2, 0.25) is 0 Å². The molecule has 1 heterocycles. The van der Waals surface area contributed by atoms with Crippen molar-refractivity contribution in [3.05, 3.63) is 53.3 Å². The molecule has 0 aliphatic rings. The van der Waals surface area contributed by atoms with Crippen LogP contribution in [0.5, 0.6) is 5.75 Å². The molecule has 0 saturated carbocycles. The van der Waals surface area contributed by atoms with E-state index in [1.54, 1.807) is 33.8 Å². The molecule has 0 atom stereocenters. The summed E-state index contributed by atoms with van der Waals surface area (Å²) in [6, 6.07) is 10.9. The minimum atomic E-state index is -0.203. The van der Waals surface area contributed by atoms with Crippen LogP contribution in [-0.4, -0.2) is 40.1 Å². The van der Waals surface area contributed by atoms with Gasteiger partial charge in [0.15, 0.2) is 6.61 Å². The highest BCUT2D eigenvalue weighted by atomic mass is 16.5. The number of hydrogen-bond donors (Lipinski definition) is 1.